The number of anilines is 2. The average molecular weight is 451 g/mol. The van der Waals surface area contributed by atoms with E-state index in [-0.39, 0.29) is 5.56 Å². The second-order valence-electron chi connectivity index (χ2n) is 6.73. The van der Waals surface area contributed by atoms with Crippen LogP contribution in [0.25, 0.3) is 5.65 Å². The second-order valence-corrected chi connectivity index (χ2v) is 7.50. The van der Waals surface area contributed by atoms with E-state index in [1.54, 1.807) is 36.0 Å². The zero-order valence-electron chi connectivity index (χ0n) is 17.9. The summed E-state index contributed by atoms with van der Waals surface area (Å²) in [5.74, 6) is 1.02. The molecule has 0 unspecified atom stereocenters. The number of methoxy groups -OCH3 is 2. The van der Waals surface area contributed by atoms with E-state index in [1.807, 2.05) is 42.7 Å². The van der Waals surface area contributed by atoms with Gasteiger partial charge in [0.25, 0.3) is 0 Å². The Balaban J connectivity index is 1.71. The highest BCUT2D eigenvalue weighted by Crippen LogP contribution is 2.31. The number of carbonyl (C=O) groups excluding carboxylic acids is 1. The third kappa shape index (κ3) is 4.47. The molecule has 0 aliphatic rings. The van der Waals surface area contributed by atoms with Gasteiger partial charge in [-0.3, -0.25) is 4.40 Å². The Kier molecular flexibility index (Phi) is 6.46. The lowest BCUT2D eigenvalue weighted by molar-refractivity contribution is 0.0603. The Morgan fingerprint density at radius 1 is 1.12 bits per heavy atom. The molecule has 8 nitrogen and oxygen atoms in total. The molecule has 9 heteroatoms. The van der Waals surface area contributed by atoms with Crippen molar-refractivity contribution in [1.29, 1.82) is 0 Å². The number of hydrogen-bond donors (Lipinski definition) is 1. The van der Waals surface area contributed by atoms with Gasteiger partial charge in [-0.05, 0) is 11.8 Å². The molecule has 2 heterocycles. The van der Waals surface area contributed by atoms with Gasteiger partial charge in [-0.2, -0.15) is 0 Å². The molecule has 0 aliphatic heterocycles. The zero-order valence-corrected chi connectivity index (χ0v) is 18.7. The standard InChI is InChI=1S/C23H22N4O4S/c1-29-17-11-16(12-18(13-17)31-14-15-7-5-4-6-8-15)25-20-19(22(28)30-2)21-24-9-10-27(21)23(26-20)32-3/h4-13,25H,14H2,1-3H3. The topological polar surface area (TPSA) is 87.0 Å². The van der Waals surface area contributed by atoms with Crippen LogP contribution < -0.4 is 14.8 Å². The molecule has 0 amide bonds. The van der Waals surface area contributed by atoms with E-state index < -0.39 is 5.97 Å². The van der Waals surface area contributed by atoms with E-state index in [1.165, 1.54) is 18.9 Å². The van der Waals surface area contributed by atoms with Crippen molar-refractivity contribution in [2.24, 2.45) is 0 Å². The number of fused-ring (bicyclic) bond motifs is 1. The van der Waals surface area contributed by atoms with Gasteiger partial charge in [0.15, 0.2) is 16.6 Å². The second kappa shape index (κ2) is 9.61. The molecule has 1 N–H and O–H groups in total. The van der Waals surface area contributed by atoms with Crippen LogP contribution >= 0.6 is 11.8 Å². The molecule has 0 saturated carbocycles. The number of thioether (sulfide) groups is 1. The summed E-state index contributed by atoms with van der Waals surface area (Å²) in [5.41, 5.74) is 2.40. The third-order valence-electron chi connectivity index (χ3n) is 4.71. The quantitative estimate of drug-likeness (QED) is 0.237. The molecule has 2 aromatic heterocycles. The molecule has 0 atom stereocenters. The third-order valence-corrected chi connectivity index (χ3v) is 5.37. The minimum atomic E-state index is -0.535. The van der Waals surface area contributed by atoms with Gasteiger partial charge >= 0.3 is 5.97 Å². The van der Waals surface area contributed by atoms with E-state index in [0.717, 1.165) is 5.56 Å². The first kappa shape index (κ1) is 21.5. The predicted octanol–water partition coefficient (Wildman–Crippen LogP) is 4.57. The minimum Gasteiger partial charge on any atom is -0.497 e. The number of hydrogen-bond acceptors (Lipinski definition) is 8. The van der Waals surface area contributed by atoms with E-state index in [2.05, 4.69) is 15.3 Å². The van der Waals surface area contributed by atoms with E-state index in [4.69, 9.17) is 14.2 Å². The highest BCUT2D eigenvalue weighted by molar-refractivity contribution is 7.98. The van der Waals surface area contributed by atoms with Gasteiger partial charge in [0.2, 0.25) is 0 Å². The summed E-state index contributed by atoms with van der Waals surface area (Å²) < 4.78 is 18.1. The average Bonchev–Trinajstić information content (AvgIpc) is 3.32. The first-order chi connectivity index (χ1) is 15.6. The summed E-state index contributed by atoms with van der Waals surface area (Å²) >= 11 is 1.44. The van der Waals surface area contributed by atoms with Crippen LogP contribution in [0.5, 0.6) is 11.5 Å². The lowest BCUT2D eigenvalue weighted by atomic mass is 10.2. The van der Waals surface area contributed by atoms with E-state index in [0.29, 0.717) is 40.4 Å². The summed E-state index contributed by atoms with van der Waals surface area (Å²) in [6.07, 6.45) is 5.28. The van der Waals surface area contributed by atoms with Crippen molar-refractivity contribution in [2.45, 2.75) is 11.8 Å². The molecule has 164 valence electrons. The van der Waals surface area contributed by atoms with Crippen molar-refractivity contribution >= 4 is 34.9 Å². The maximum atomic E-state index is 12.6. The predicted molar refractivity (Wildman–Crippen MR) is 123 cm³/mol. The van der Waals surface area contributed by atoms with Gasteiger partial charge in [-0.25, -0.2) is 14.8 Å². The summed E-state index contributed by atoms with van der Waals surface area (Å²) in [6.45, 7) is 0.412. The number of esters is 1. The molecule has 0 fully saturated rings. The van der Waals surface area contributed by atoms with Crippen LogP contribution in [0.4, 0.5) is 11.5 Å². The van der Waals surface area contributed by atoms with Crippen molar-refractivity contribution in [1.82, 2.24) is 14.4 Å². The lowest BCUT2D eigenvalue weighted by Crippen LogP contribution is -2.12. The molecule has 0 saturated heterocycles. The highest BCUT2D eigenvalue weighted by Gasteiger charge is 2.22. The summed E-state index contributed by atoms with van der Waals surface area (Å²) in [6, 6.07) is 15.3. The van der Waals surface area contributed by atoms with Gasteiger partial charge in [0.05, 0.1) is 14.2 Å². The van der Waals surface area contributed by atoms with Crippen molar-refractivity contribution in [2.75, 3.05) is 25.8 Å². The Labute approximate surface area is 189 Å². The Morgan fingerprint density at radius 3 is 2.62 bits per heavy atom. The van der Waals surface area contributed by atoms with Gasteiger partial charge in [0, 0.05) is 36.3 Å². The molecule has 32 heavy (non-hydrogen) atoms. The van der Waals surface area contributed by atoms with Gasteiger partial charge in [-0.1, -0.05) is 42.1 Å². The van der Waals surface area contributed by atoms with Crippen LogP contribution in [-0.4, -0.2) is 40.8 Å². The van der Waals surface area contributed by atoms with Crippen molar-refractivity contribution in [3.05, 3.63) is 72.1 Å². The van der Waals surface area contributed by atoms with Crippen LogP contribution in [0.15, 0.2) is 66.1 Å². The molecule has 0 spiro atoms. The summed E-state index contributed by atoms with van der Waals surface area (Å²) in [7, 11) is 2.91. The smallest absolute Gasteiger partial charge is 0.345 e. The van der Waals surface area contributed by atoms with Crippen LogP contribution in [0.3, 0.4) is 0 Å². The monoisotopic (exact) mass is 450 g/mol. The van der Waals surface area contributed by atoms with Crippen molar-refractivity contribution in [3.63, 3.8) is 0 Å². The lowest BCUT2D eigenvalue weighted by Gasteiger charge is -2.15. The fourth-order valence-electron chi connectivity index (χ4n) is 3.20. The number of rotatable bonds is 8. The fourth-order valence-corrected chi connectivity index (χ4v) is 3.73. The van der Waals surface area contributed by atoms with Crippen LogP contribution in [0, 0.1) is 0 Å². The summed E-state index contributed by atoms with van der Waals surface area (Å²) in [5, 5.41) is 3.90. The number of nitrogens with one attached hydrogen (secondary N) is 1. The Hall–Kier alpha value is -3.72. The fraction of sp³-hybridized carbons (Fsp3) is 0.174. The molecular weight excluding hydrogens is 428 g/mol. The largest absolute Gasteiger partial charge is 0.497 e. The first-order valence-corrected chi connectivity index (χ1v) is 11.0. The molecular formula is C23H22N4O4S. The van der Waals surface area contributed by atoms with Crippen LogP contribution in [0.2, 0.25) is 0 Å². The number of ether oxygens (including phenoxy) is 3. The molecule has 4 rings (SSSR count). The van der Waals surface area contributed by atoms with Gasteiger partial charge < -0.3 is 19.5 Å². The molecule has 2 aromatic carbocycles. The molecule has 0 aliphatic carbocycles. The van der Waals surface area contributed by atoms with Crippen molar-refractivity contribution < 1.29 is 19.0 Å². The van der Waals surface area contributed by atoms with Crippen molar-refractivity contribution in [3.8, 4) is 11.5 Å². The van der Waals surface area contributed by atoms with E-state index in [9.17, 15) is 4.79 Å². The minimum absolute atomic E-state index is 0.241. The number of carbonyl (C=O) groups is 1. The highest BCUT2D eigenvalue weighted by atomic mass is 32.2. The Morgan fingerprint density at radius 2 is 1.91 bits per heavy atom. The maximum Gasteiger partial charge on any atom is 0.345 e. The first-order valence-electron chi connectivity index (χ1n) is 9.75. The van der Waals surface area contributed by atoms with Gasteiger partial charge in [-0.15, -0.1) is 0 Å². The van der Waals surface area contributed by atoms with E-state index >= 15 is 0 Å². The normalized spacial score (nSPS) is 10.7. The van der Waals surface area contributed by atoms with Gasteiger partial charge in [0.1, 0.15) is 23.7 Å². The molecule has 0 radical (unpaired) electrons. The number of nitrogens with zero attached hydrogens (tertiary/aromatic N) is 3. The Bertz CT molecular complexity index is 1240. The van der Waals surface area contributed by atoms with Crippen LogP contribution in [-0.2, 0) is 11.3 Å². The maximum absolute atomic E-state index is 12.6. The SMILES string of the molecule is COC(=O)c1c(Nc2cc(OC)cc(OCc3ccccc3)c2)nc(SC)n2ccnc12. The molecule has 4 aromatic rings. The summed E-state index contributed by atoms with van der Waals surface area (Å²) in [4.78, 5) is 21.5. The molecule has 0 bridgehead atoms. The number of benzene rings is 2. The number of imidazole rings is 1. The van der Waals surface area contributed by atoms with Crippen LogP contribution in [0.1, 0.15) is 15.9 Å². The zero-order chi connectivity index (χ0) is 22.5. The number of aromatic nitrogens is 3.